The zero-order chi connectivity index (χ0) is 13.5. The third-order valence-corrected chi connectivity index (χ3v) is 4.91. The first-order chi connectivity index (χ1) is 9.04. The number of hydrogen-bond acceptors (Lipinski definition) is 2. The maximum atomic E-state index is 7.00. The predicted molar refractivity (Wildman–Crippen MR) is 75.7 cm³/mol. The largest absolute Gasteiger partial charge is 0.487 e. The highest BCUT2D eigenvalue weighted by atomic mass is 35.5. The molecule has 3 aliphatic carbocycles. The quantitative estimate of drug-likeness (QED) is 0.827. The number of rotatable bonds is 2. The summed E-state index contributed by atoms with van der Waals surface area (Å²) < 4.78 is 6.21. The van der Waals surface area contributed by atoms with E-state index in [2.05, 4.69) is 4.85 Å². The Labute approximate surface area is 118 Å². The first kappa shape index (κ1) is 12.8. The number of benzene rings is 1. The van der Waals surface area contributed by atoms with E-state index >= 15 is 0 Å². The lowest BCUT2D eigenvalue weighted by Crippen LogP contribution is -2.57. The minimum Gasteiger partial charge on any atom is -0.487 e. The maximum Gasteiger partial charge on any atom is 0.205 e. The van der Waals surface area contributed by atoms with Crippen molar-refractivity contribution in [2.75, 3.05) is 0 Å². The fourth-order valence-electron chi connectivity index (χ4n) is 3.23. The summed E-state index contributed by atoms with van der Waals surface area (Å²) in [6, 6.07) is 5.32. The number of nitrogens with two attached hydrogens (primary N) is 1. The first-order valence-electron chi connectivity index (χ1n) is 6.69. The van der Waals surface area contributed by atoms with Crippen molar-refractivity contribution >= 4 is 17.3 Å². The van der Waals surface area contributed by atoms with Crippen LogP contribution in [0.5, 0.6) is 5.75 Å². The van der Waals surface area contributed by atoms with E-state index < -0.39 is 0 Å². The van der Waals surface area contributed by atoms with Gasteiger partial charge in [-0.1, -0.05) is 17.7 Å². The Morgan fingerprint density at radius 2 is 1.79 bits per heavy atom. The highest BCUT2D eigenvalue weighted by Gasteiger charge is 2.48. The summed E-state index contributed by atoms with van der Waals surface area (Å²) in [5.74, 6) is 0.767. The second kappa shape index (κ2) is 4.40. The van der Waals surface area contributed by atoms with E-state index in [0.29, 0.717) is 10.7 Å². The van der Waals surface area contributed by atoms with E-state index in [-0.39, 0.29) is 11.1 Å². The molecule has 4 rings (SSSR count). The Morgan fingerprint density at radius 3 is 2.32 bits per heavy atom. The van der Waals surface area contributed by atoms with Crippen LogP contribution in [0.1, 0.15) is 38.5 Å². The third kappa shape index (κ3) is 2.31. The van der Waals surface area contributed by atoms with Gasteiger partial charge >= 0.3 is 0 Å². The van der Waals surface area contributed by atoms with Crippen LogP contribution in [0.25, 0.3) is 4.85 Å². The maximum absolute atomic E-state index is 7.00. The van der Waals surface area contributed by atoms with E-state index in [0.717, 1.165) is 44.3 Å². The van der Waals surface area contributed by atoms with Crippen LogP contribution in [0.2, 0.25) is 5.02 Å². The van der Waals surface area contributed by atoms with Gasteiger partial charge in [0.1, 0.15) is 11.4 Å². The van der Waals surface area contributed by atoms with Crippen LogP contribution in [-0.2, 0) is 0 Å². The van der Waals surface area contributed by atoms with E-state index in [4.69, 9.17) is 28.6 Å². The topological polar surface area (TPSA) is 39.6 Å². The van der Waals surface area contributed by atoms with Crippen molar-refractivity contribution in [1.82, 2.24) is 0 Å². The van der Waals surface area contributed by atoms with Gasteiger partial charge in [-0.05, 0) is 50.7 Å². The molecule has 0 unspecified atom stereocenters. The first-order valence-corrected chi connectivity index (χ1v) is 7.07. The van der Waals surface area contributed by atoms with Crippen molar-refractivity contribution in [3.05, 3.63) is 34.6 Å². The van der Waals surface area contributed by atoms with Crippen molar-refractivity contribution in [2.24, 2.45) is 5.73 Å². The van der Waals surface area contributed by atoms with Gasteiger partial charge in [0.05, 0.1) is 11.6 Å². The van der Waals surface area contributed by atoms with E-state index in [9.17, 15) is 0 Å². The minimum atomic E-state index is -0.0654. The summed E-state index contributed by atoms with van der Waals surface area (Å²) in [6.45, 7) is 7.00. The molecule has 0 atom stereocenters. The highest BCUT2D eigenvalue weighted by molar-refractivity contribution is 6.33. The standard InChI is InChI=1S/C15H17ClN2O/c1-18-13-3-2-11(10-12(13)16)19-15-7-4-14(17,5-8-15)6-9-15/h2-3,10H,4-9,17H2. The smallest absolute Gasteiger partial charge is 0.205 e. The number of nitrogens with zero attached hydrogens (tertiary/aromatic N) is 1. The normalized spacial score (nSPS) is 32.9. The van der Waals surface area contributed by atoms with Crippen molar-refractivity contribution < 1.29 is 4.74 Å². The van der Waals surface area contributed by atoms with E-state index in [1.165, 1.54) is 0 Å². The molecule has 4 heteroatoms. The second-order valence-electron chi connectivity index (χ2n) is 5.87. The zero-order valence-electron chi connectivity index (χ0n) is 10.8. The summed E-state index contributed by atoms with van der Waals surface area (Å²) in [5.41, 5.74) is 6.76. The molecule has 1 aromatic carbocycles. The molecule has 0 aromatic heterocycles. The molecular formula is C15H17ClN2O. The van der Waals surface area contributed by atoms with Crippen molar-refractivity contribution in [1.29, 1.82) is 0 Å². The molecule has 100 valence electrons. The van der Waals surface area contributed by atoms with Crippen LogP contribution in [0.15, 0.2) is 18.2 Å². The Kier molecular flexibility index (Phi) is 2.96. The fraction of sp³-hybridized carbons (Fsp3) is 0.533. The highest BCUT2D eigenvalue weighted by Crippen LogP contribution is 2.48. The minimum absolute atomic E-state index is 0.0523. The van der Waals surface area contributed by atoms with Crippen LogP contribution in [0, 0.1) is 6.57 Å². The predicted octanol–water partition coefficient (Wildman–Crippen LogP) is 4.07. The van der Waals surface area contributed by atoms with Gasteiger partial charge in [0, 0.05) is 5.54 Å². The van der Waals surface area contributed by atoms with Gasteiger partial charge in [0.15, 0.2) is 0 Å². The summed E-state index contributed by atoms with van der Waals surface area (Å²) in [6.07, 6.45) is 6.19. The van der Waals surface area contributed by atoms with Crippen molar-refractivity contribution in [3.8, 4) is 5.75 Å². The van der Waals surface area contributed by atoms with Gasteiger partial charge in [-0.15, -0.1) is 0 Å². The summed E-state index contributed by atoms with van der Waals surface area (Å²) in [5, 5.41) is 0.462. The number of fused-ring (bicyclic) bond motifs is 3. The van der Waals surface area contributed by atoms with Crippen LogP contribution < -0.4 is 10.5 Å². The van der Waals surface area contributed by atoms with Gasteiger partial charge in [-0.25, -0.2) is 4.85 Å². The van der Waals surface area contributed by atoms with Gasteiger partial charge in [0.2, 0.25) is 5.69 Å². The Balaban J connectivity index is 1.79. The monoisotopic (exact) mass is 276 g/mol. The Bertz CT molecular complexity index is 525. The lowest BCUT2D eigenvalue weighted by molar-refractivity contribution is -0.0422. The number of halogens is 1. The van der Waals surface area contributed by atoms with Crippen molar-refractivity contribution in [3.63, 3.8) is 0 Å². The zero-order valence-corrected chi connectivity index (χ0v) is 11.5. The molecule has 3 aliphatic rings. The average Bonchev–Trinajstić information content (AvgIpc) is 2.41. The summed E-state index contributed by atoms with van der Waals surface area (Å²) >= 11 is 6.05. The SMILES string of the molecule is [C-]#[N+]c1ccc(OC23CCC(N)(CC2)CC3)cc1Cl. The number of ether oxygens (including phenoxy) is 1. The van der Waals surface area contributed by atoms with Gasteiger partial charge in [-0.3, -0.25) is 0 Å². The van der Waals surface area contributed by atoms with E-state index in [1.807, 2.05) is 6.07 Å². The lowest BCUT2D eigenvalue weighted by Gasteiger charge is -2.51. The molecule has 2 bridgehead atoms. The van der Waals surface area contributed by atoms with Gasteiger partial charge in [0.25, 0.3) is 0 Å². The molecule has 0 radical (unpaired) electrons. The number of hydrogen-bond donors (Lipinski definition) is 1. The molecule has 0 amide bonds. The molecule has 0 heterocycles. The molecule has 0 saturated heterocycles. The molecule has 19 heavy (non-hydrogen) atoms. The molecule has 3 fully saturated rings. The molecule has 1 aromatic rings. The van der Waals surface area contributed by atoms with E-state index in [1.54, 1.807) is 12.1 Å². The lowest BCUT2D eigenvalue weighted by atomic mass is 9.63. The van der Waals surface area contributed by atoms with Crippen LogP contribution in [0.3, 0.4) is 0 Å². The molecule has 0 aliphatic heterocycles. The van der Waals surface area contributed by atoms with Crippen LogP contribution in [0.4, 0.5) is 5.69 Å². The molecule has 2 N–H and O–H groups in total. The van der Waals surface area contributed by atoms with Crippen molar-refractivity contribution in [2.45, 2.75) is 49.7 Å². The molecule has 3 saturated carbocycles. The molecule has 3 nitrogen and oxygen atoms in total. The molecule has 0 spiro atoms. The fourth-order valence-corrected chi connectivity index (χ4v) is 3.44. The summed E-state index contributed by atoms with van der Waals surface area (Å²) in [7, 11) is 0. The van der Waals surface area contributed by atoms with Crippen LogP contribution >= 0.6 is 11.6 Å². The third-order valence-electron chi connectivity index (χ3n) is 4.61. The Morgan fingerprint density at radius 1 is 1.16 bits per heavy atom. The van der Waals surface area contributed by atoms with Gasteiger partial charge in [-0.2, -0.15) is 0 Å². The second-order valence-corrected chi connectivity index (χ2v) is 6.28. The Hall–Kier alpha value is -1.24. The summed E-state index contributed by atoms with van der Waals surface area (Å²) in [4.78, 5) is 3.36. The van der Waals surface area contributed by atoms with Crippen LogP contribution in [-0.4, -0.2) is 11.1 Å². The average molecular weight is 277 g/mol. The molecular weight excluding hydrogens is 260 g/mol. The van der Waals surface area contributed by atoms with Gasteiger partial charge < -0.3 is 10.5 Å².